The summed E-state index contributed by atoms with van der Waals surface area (Å²) in [6.07, 6.45) is 2.01. The lowest BCUT2D eigenvalue weighted by Crippen LogP contribution is -2.33. The number of hydrogen-bond acceptors (Lipinski definition) is 2. The lowest BCUT2D eigenvalue weighted by molar-refractivity contribution is -0.408. The molecule has 1 aliphatic heterocycles. The fourth-order valence-electron chi connectivity index (χ4n) is 1.20. The molecular weight excluding hydrogens is 203 g/mol. The first kappa shape index (κ1) is 7.89. The van der Waals surface area contributed by atoms with Gasteiger partial charge in [-0.2, -0.15) is 0 Å². The maximum Gasteiger partial charge on any atom is 0.379 e. The van der Waals surface area contributed by atoms with Crippen molar-refractivity contribution < 1.29 is 14.3 Å². The first-order valence-electron chi connectivity index (χ1n) is 3.09. The van der Waals surface area contributed by atoms with Gasteiger partial charge in [0.15, 0.2) is 0 Å². The van der Waals surface area contributed by atoms with Crippen molar-refractivity contribution in [1.82, 2.24) is 0 Å². The van der Waals surface area contributed by atoms with Gasteiger partial charge >= 0.3 is 10.00 Å². The van der Waals surface area contributed by atoms with Crippen LogP contribution in [0.3, 0.4) is 0 Å². The van der Waals surface area contributed by atoms with Crippen molar-refractivity contribution in [3.63, 3.8) is 0 Å². The molecule has 0 spiro atoms. The number of alkyl halides is 2. The zero-order valence-electron chi connectivity index (χ0n) is 5.62. The molecule has 6 heteroatoms. The molecule has 2 atom stereocenters. The number of fused-ring (bicyclic) bond motifs is 1. The minimum absolute atomic E-state index is 0.355. The first-order chi connectivity index (χ1) is 5.45. The summed E-state index contributed by atoms with van der Waals surface area (Å²) in [6, 6.07) is 0. The molecule has 12 heavy (non-hydrogen) atoms. The molecule has 4 nitrogen and oxygen atoms in total. The highest BCUT2D eigenvalue weighted by molar-refractivity contribution is 6.53. The molecule has 0 radical (unpaired) electrons. The molecule has 1 heterocycles. The van der Waals surface area contributed by atoms with Gasteiger partial charge in [0, 0.05) is 0 Å². The van der Waals surface area contributed by atoms with Crippen LogP contribution in [0, 0.1) is 0 Å². The van der Waals surface area contributed by atoms with Gasteiger partial charge in [-0.1, -0.05) is 0 Å². The highest BCUT2D eigenvalue weighted by atomic mass is 35.5. The Balaban J connectivity index is 2.63. The quantitative estimate of drug-likeness (QED) is 0.252. The van der Waals surface area contributed by atoms with Crippen LogP contribution in [-0.2, 0) is 9.59 Å². The molecule has 2 rings (SSSR count). The van der Waals surface area contributed by atoms with Crippen molar-refractivity contribution >= 4 is 34.8 Å². The summed E-state index contributed by atoms with van der Waals surface area (Å²) < 4.78 is 0.355. The third-order valence-corrected chi connectivity index (χ3v) is 3.35. The molecule has 0 aromatic carbocycles. The predicted molar refractivity (Wildman–Crippen MR) is 39.9 cm³/mol. The lowest BCUT2D eigenvalue weighted by atomic mass is 10.0. The van der Waals surface area contributed by atoms with E-state index < -0.39 is 21.6 Å². The summed E-state index contributed by atoms with van der Waals surface area (Å²) in [5, 5.41) is 0. The van der Waals surface area contributed by atoms with E-state index in [0.717, 1.165) is 12.2 Å². The smallest absolute Gasteiger partial charge is 0.379 e. The molecule has 1 saturated heterocycles. The number of ketones is 2. The second-order valence-electron chi connectivity index (χ2n) is 2.62. The maximum atomic E-state index is 11.1. The SMILES string of the molecule is [N-]=[N+]1C2(Cl)C(=O)C=CC(=O)C12Cl. The maximum absolute atomic E-state index is 11.1. The van der Waals surface area contributed by atoms with Crippen LogP contribution < -0.4 is 0 Å². The number of halogens is 2. The standard InChI is InChI=1S/C6H2Cl2N2O2/c7-5-3(11)1-2-4(12)6(5,8)10(5)9/h1-2H. The number of hydrogen-bond donors (Lipinski definition) is 0. The van der Waals surface area contributed by atoms with Crippen LogP contribution in [0.25, 0.3) is 5.53 Å². The van der Waals surface area contributed by atoms with E-state index in [-0.39, 0.29) is 0 Å². The molecule has 0 aromatic rings. The third kappa shape index (κ3) is 0.508. The molecule has 0 amide bonds. The Morgan fingerprint density at radius 1 is 1.17 bits per heavy atom. The van der Waals surface area contributed by atoms with Gasteiger partial charge in [0.2, 0.25) is 0 Å². The van der Waals surface area contributed by atoms with Crippen LogP contribution in [0.15, 0.2) is 12.2 Å². The van der Waals surface area contributed by atoms with E-state index in [1.54, 1.807) is 0 Å². The molecule has 1 fully saturated rings. The summed E-state index contributed by atoms with van der Waals surface area (Å²) in [7, 11) is 0. The van der Waals surface area contributed by atoms with E-state index in [1.807, 2.05) is 0 Å². The summed E-state index contributed by atoms with van der Waals surface area (Å²) >= 11 is 11.2. The van der Waals surface area contributed by atoms with Crippen molar-refractivity contribution in [1.29, 1.82) is 0 Å². The summed E-state index contributed by atoms with van der Waals surface area (Å²) in [4.78, 5) is 18.6. The lowest BCUT2D eigenvalue weighted by Gasteiger charge is -1.99. The van der Waals surface area contributed by atoms with E-state index in [1.165, 1.54) is 0 Å². The second-order valence-corrected chi connectivity index (χ2v) is 3.71. The molecule has 0 N–H and O–H groups in total. The number of nitrogens with zero attached hydrogens (tertiary/aromatic N) is 2. The van der Waals surface area contributed by atoms with Crippen molar-refractivity contribution in [3.05, 3.63) is 17.7 Å². The fraction of sp³-hybridized carbons (Fsp3) is 0.333. The molecule has 2 aliphatic rings. The molecule has 0 bridgehead atoms. The average molecular weight is 205 g/mol. The fourth-order valence-corrected chi connectivity index (χ4v) is 1.89. The van der Waals surface area contributed by atoms with E-state index >= 15 is 0 Å². The van der Waals surface area contributed by atoms with Crippen molar-refractivity contribution in [3.8, 4) is 0 Å². The van der Waals surface area contributed by atoms with Crippen LogP contribution in [-0.4, -0.2) is 26.3 Å². The number of rotatable bonds is 0. The summed E-state index contributed by atoms with van der Waals surface area (Å²) in [5.41, 5.74) is 9.07. The Kier molecular flexibility index (Phi) is 1.17. The van der Waals surface area contributed by atoms with Gasteiger partial charge in [0.1, 0.15) is 0 Å². The van der Waals surface area contributed by atoms with Gasteiger partial charge in [0.25, 0.3) is 11.6 Å². The minimum atomic E-state index is -1.78. The molecule has 1 aliphatic carbocycles. The summed E-state index contributed by atoms with van der Waals surface area (Å²) in [6.45, 7) is 0. The Morgan fingerprint density at radius 2 is 1.50 bits per heavy atom. The van der Waals surface area contributed by atoms with Crippen LogP contribution >= 0.6 is 23.2 Å². The Labute approximate surface area is 77.2 Å². The van der Waals surface area contributed by atoms with E-state index in [4.69, 9.17) is 28.7 Å². The molecule has 0 saturated carbocycles. The topological polar surface area (TPSA) is 59.5 Å². The van der Waals surface area contributed by atoms with Crippen LogP contribution in [0.2, 0.25) is 0 Å². The Morgan fingerprint density at radius 3 is 1.83 bits per heavy atom. The molecular formula is C6H2Cl2N2O2. The largest absolute Gasteiger partial charge is 0.502 e. The zero-order valence-corrected chi connectivity index (χ0v) is 7.13. The van der Waals surface area contributed by atoms with Gasteiger partial charge in [-0.3, -0.25) is 14.3 Å². The zero-order chi connectivity index (χ0) is 9.15. The van der Waals surface area contributed by atoms with Crippen molar-refractivity contribution in [2.75, 3.05) is 0 Å². The highest BCUT2D eigenvalue weighted by Gasteiger charge is 2.89. The van der Waals surface area contributed by atoms with Crippen molar-refractivity contribution in [2.45, 2.75) is 10.00 Å². The summed E-state index contributed by atoms with van der Waals surface area (Å²) in [5.74, 6) is -1.16. The Bertz CT molecular complexity index is 333. The Hall–Kier alpha value is -0.740. The van der Waals surface area contributed by atoms with Gasteiger partial charge in [-0.25, -0.2) is 0 Å². The first-order valence-corrected chi connectivity index (χ1v) is 3.85. The van der Waals surface area contributed by atoms with Gasteiger partial charge in [0.05, 0.1) is 0 Å². The van der Waals surface area contributed by atoms with Gasteiger partial charge in [-0.15, -0.1) is 0 Å². The molecule has 0 aromatic heterocycles. The van der Waals surface area contributed by atoms with Crippen LogP contribution in [0.1, 0.15) is 0 Å². The third-order valence-electron chi connectivity index (χ3n) is 2.01. The predicted octanol–water partition coefficient (Wildman–Crippen LogP) is 0.612. The van der Waals surface area contributed by atoms with Gasteiger partial charge < -0.3 is 5.53 Å². The minimum Gasteiger partial charge on any atom is -0.502 e. The normalized spacial score (nSPS) is 44.7. The second kappa shape index (κ2) is 1.78. The molecule has 62 valence electrons. The highest BCUT2D eigenvalue weighted by Crippen LogP contribution is 2.57. The number of carbonyl (C=O) groups excluding carboxylic acids is 2. The van der Waals surface area contributed by atoms with Crippen molar-refractivity contribution in [2.24, 2.45) is 0 Å². The van der Waals surface area contributed by atoms with Crippen LogP contribution in [0.5, 0.6) is 0 Å². The number of carbonyl (C=O) groups is 2. The van der Waals surface area contributed by atoms with E-state index in [9.17, 15) is 9.59 Å². The van der Waals surface area contributed by atoms with E-state index in [2.05, 4.69) is 0 Å². The van der Waals surface area contributed by atoms with E-state index in [0.29, 0.717) is 4.70 Å². The monoisotopic (exact) mass is 204 g/mol. The van der Waals surface area contributed by atoms with Crippen LogP contribution in [0.4, 0.5) is 0 Å². The molecule has 2 unspecified atom stereocenters. The van der Waals surface area contributed by atoms with Gasteiger partial charge in [-0.05, 0) is 35.4 Å². The average Bonchev–Trinajstić information content (AvgIpc) is 2.49.